The molecule has 0 saturated heterocycles. The van der Waals surface area contributed by atoms with E-state index in [1.165, 1.54) is 12.1 Å². The van der Waals surface area contributed by atoms with Crippen LogP contribution >= 0.6 is 39.1 Å². The summed E-state index contributed by atoms with van der Waals surface area (Å²) in [6.07, 6.45) is 0. The first-order chi connectivity index (χ1) is 8.60. The molecule has 2 aromatic carbocycles. The van der Waals surface area contributed by atoms with Gasteiger partial charge in [0.1, 0.15) is 17.3 Å². The van der Waals surface area contributed by atoms with E-state index in [1.54, 1.807) is 18.2 Å². The van der Waals surface area contributed by atoms with Crippen molar-refractivity contribution in [3.63, 3.8) is 0 Å². The molecule has 0 aliphatic heterocycles. The molecule has 0 radical (unpaired) electrons. The molecule has 0 unspecified atom stereocenters. The van der Waals surface area contributed by atoms with Crippen molar-refractivity contribution in [2.75, 3.05) is 0 Å². The van der Waals surface area contributed by atoms with E-state index in [-0.39, 0.29) is 5.82 Å². The third-order valence-electron chi connectivity index (χ3n) is 2.27. The molecule has 2 rings (SSSR count). The Bertz CT molecular complexity index is 575. The van der Waals surface area contributed by atoms with Gasteiger partial charge in [0.2, 0.25) is 0 Å². The Hall–Kier alpha value is -0.770. The fraction of sp³-hybridized carbons (Fsp3) is 0.0769. The Kier molecular flexibility index (Phi) is 4.49. The van der Waals surface area contributed by atoms with Gasteiger partial charge < -0.3 is 4.74 Å². The Balaban J connectivity index is 2.25. The van der Waals surface area contributed by atoms with Gasteiger partial charge in [0.15, 0.2) is 0 Å². The van der Waals surface area contributed by atoms with Crippen molar-refractivity contribution in [3.05, 3.63) is 57.3 Å². The third-order valence-corrected chi connectivity index (χ3v) is 3.48. The molecule has 0 fully saturated rings. The quantitative estimate of drug-likeness (QED) is 0.639. The molecule has 5 heteroatoms. The lowest BCUT2D eigenvalue weighted by molar-refractivity contribution is 0.480. The second-order valence-corrected chi connectivity index (χ2v) is 5.11. The van der Waals surface area contributed by atoms with Crippen molar-refractivity contribution in [1.82, 2.24) is 0 Å². The predicted octanol–water partition coefficient (Wildman–Crippen LogP) is 5.77. The topological polar surface area (TPSA) is 9.23 Å². The zero-order chi connectivity index (χ0) is 13.1. The number of benzene rings is 2. The van der Waals surface area contributed by atoms with E-state index in [2.05, 4.69) is 15.9 Å². The van der Waals surface area contributed by atoms with Crippen LogP contribution in [0.25, 0.3) is 0 Å². The first-order valence-corrected chi connectivity index (χ1v) is 6.78. The average molecular weight is 350 g/mol. The largest absolute Gasteiger partial charge is 0.456 e. The van der Waals surface area contributed by atoms with E-state index < -0.39 is 0 Å². The lowest BCUT2D eigenvalue weighted by Crippen LogP contribution is -1.88. The van der Waals surface area contributed by atoms with Crippen LogP contribution in [0, 0.1) is 5.82 Å². The Labute approximate surface area is 123 Å². The van der Waals surface area contributed by atoms with Crippen LogP contribution in [0.15, 0.2) is 40.9 Å². The Morgan fingerprint density at radius 3 is 2.56 bits per heavy atom. The standard InChI is InChI=1S/C13H8BrCl2FO/c14-10-6-9(2-3-12(10)17)18-13-4-1-8(7-15)5-11(13)16/h1-6H,7H2. The van der Waals surface area contributed by atoms with Gasteiger partial charge in [-0.05, 0) is 51.8 Å². The molecular formula is C13H8BrCl2FO. The third kappa shape index (κ3) is 3.16. The molecular weight excluding hydrogens is 342 g/mol. The van der Waals surface area contributed by atoms with Crippen molar-refractivity contribution in [1.29, 1.82) is 0 Å². The van der Waals surface area contributed by atoms with Crippen LogP contribution < -0.4 is 4.74 Å². The molecule has 18 heavy (non-hydrogen) atoms. The van der Waals surface area contributed by atoms with Crippen molar-refractivity contribution >= 4 is 39.1 Å². The second-order valence-electron chi connectivity index (χ2n) is 3.58. The summed E-state index contributed by atoms with van der Waals surface area (Å²) < 4.78 is 19.0. The van der Waals surface area contributed by atoms with E-state index in [4.69, 9.17) is 27.9 Å². The average Bonchev–Trinajstić information content (AvgIpc) is 2.36. The van der Waals surface area contributed by atoms with E-state index in [9.17, 15) is 4.39 Å². The van der Waals surface area contributed by atoms with Gasteiger partial charge in [-0.2, -0.15) is 0 Å². The summed E-state index contributed by atoms with van der Waals surface area (Å²) in [5.74, 6) is 1.06. The molecule has 0 N–H and O–H groups in total. The van der Waals surface area contributed by atoms with Crippen molar-refractivity contribution in [2.24, 2.45) is 0 Å². The molecule has 0 bridgehead atoms. The lowest BCUT2D eigenvalue weighted by atomic mass is 10.2. The van der Waals surface area contributed by atoms with Crippen LogP contribution in [0.2, 0.25) is 5.02 Å². The number of hydrogen-bond donors (Lipinski definition) is 0. The van der Waals surface area contributed by atoms with Crippen LogP contribution in [0.5, 0.6) is 11.5 Å². The molecule has 0 amide bonds. The fourth-order valence-corrected chi connectivity index (χ4v) is 2.14. The van der Waals surface area contributed by atoms with E-state index in [1.807, 2.05) is 6.07 Å². The summed E-state index contributed by atoms with van der Waals surface area (Å²) in [4.78, 5) is 0. The zero-order valence-corrected chi connectivity index (χ0v) is 12.2. The van der Waals surface area contributed by atoms with Gasteiger partial charge in [-0.25, -0.2) is 4.39 Å². The SMILES string of the molecule is Fc1ccc(Oc2ccc(CCl)cc2Cl)cc1Br. The van der Waals surface area contributed by atoms with Crippen LogP contribution in [-0.2, 0) is 5.88 Å². The highest BCUT2D eigenvalue weighted by Crippen LogP contribution is 2.32. The molecule has 0 spiro atoms. The van der Waals surface area contributed by atoms with Crippen LogP contribution in [-0.4, -0.2) is 0 Å². The van der Waals surface area contributed by atoms with Gasteiger partial charge in [0.05, 0.1) is 9.50 Å². The molecule has 0 aliphatic rings. The second kappa shape index (κ2) is 5.91. The fourth-order valence-electron chi connectivity index (χ4n) is 1.38. The highest BCUT2D eigenvalue weighted by Gasteiger charge is 2.06. The molecule has 0 aromatic heterocycles. The maximum absolute atomic E-state index is 13.1. The minimum atomic E-state index is -0.342. The normalized spacial score (nSPS) is 10.4. The van der Waals surface area contributed by atoms with Gasteiger partial charge in [-0.3, -0.25) is 0 Å². The number of halogens is 4. The number of rotatable bonds is 3. The summed E-state index contributed by atoms with van der Waals surface area (Å²) in [5, 5.41) is 0.466. The minimum absolute atomic E-state index is 0.341. The Morgan fingerprint density at radius 2 is 1.94 bits per heavy atom. The van der Waals surface area contributed by atoms with Gasteiger partial charge in [-0.15, -0.1) is 11.6 Å². The Morgan fingerprint density at radius 1 is 1.17 bits per heavy atom. The van der Waals surface area contributed by atoms with E-state index in [0.717, 1.165) is 5.56 Å². The molecule has 0 atom stereocenters. The van der Waals surface area contributed by atoms with Crippen LogP contribution in [0.4, 0.5) is 4.39 Å². The van der Waals surface area contributed by atoms with E-state index >= 15 is 0 Å². The molecule has 2 aromatic rings. The summed E-state index contributed by atoms with van der Waals surface area (Å²) in [7, 11) is 0. The van der Waals surface area contributed by atoms with Crippen molar-refractivity contribution < 1.29 is 9.13 Å². The number of ether oxygens (including phenoxy) is 1. The summed E-state index contributed by atoms with van der Waals surface area (Å²) in [5.41, 5.74) is 0.911. The highest BCUT2D eigenvalue weighted by molar-refractivity contribution is 9.10. The molecule has 0 heterocycles. The maximum Gasteiger partial charge on any atom is 0.146 e. The minimum Gasteiger partial charge on any atom is -0.456 e. The molecule has 0 aliphatic carbocycles. The first-order valence-electron chi connectivity index (χ1n) is 5.07. The first kappa shape index (κ1) is 13.7. The summed E-state index contributed by atoms with van der Waals surface area (Å²) >= 11 is 14.9. The molecule has 0 saturated carbocycles. The number of alkyl halides is 1. The number of hydrogen-bond acceptors (Lipinski definition) is 1. The molecule has 1 nitrogen and oxygen atoms in total. The van der Waals surface area contributed by atoms with Crippen molar-refractivity contribution in [2.45, 2.75) is 5.88 Å². The summed E-state index contributed by atoms with van der Waals surface area (Å²) in [6.45, 7) is 0. The van der Waals surface area contributed by atoms with Crippen LogP contribution in [0.3, 0.4) is 0 Å². The maximum atomic E-state index is 13.1. The molecule has 94 valence electrons. The van der Waals surface area contributed by atoms with E-state index in [0.29, 0.717) is 26.9 Å². The van der Waals surface area contributed by atoms with Gasteiger partial charge >= 0.3 is 0 Å². The lowest BCUT2D eigenvalue weighted by Gasteiger charge is -2.09. The van der Waals surface area contributed by atoms with Crippen molar-refractivity contribution in [3.8, 4) is 11.5 Å². The summed E-state index contributed by atoms with van der Waals surface area (Å²) in [6, 6.07) is 9.69. The van der Waals surface area contributed by atoms with Crippen LogP contribution in [0.1, 0.15) is 5.56 Å². The van der Waals surface area contributed by atoms with Gasteiger partial charge in [-0.1, -0.05) is 17.7 Å². The van der Waals surface area contributed by atoms with Gasteiger partial charge in [0.25, 0.3) is 0 Å². The monoisotopic (exact) mass is 348 g/mol. The highest BCUT2D eigenvalue weighted by atomic mass is 79.9. The predicted molar refractivity (Wildman–Crippen MR) is 75.2 cm³/mol. The van der Waals surface area contributed by atoms with Gasteiger partial charge in [0, 0.05) is 5.88 Å². The smallest absolute Gasteiger partial charge is 0.146 e. The zero-order valence-electron chi connectivity index (χ0n) is 9.09.